The SMILES string of the molecule is CSc1ccccc1S(=O)(=O)Nc1ccc(-c2nn[nH]n2)cc1. The van der Waals surface area contributed by atoms with Crippen LogP contribution in [0.2, 0.25) is 0 Å². The lowest BCUT2D eigenvalue weighted by Gasteiger charge is -2.11. The molecule has 0 aliphatic heterocycles. The number of rotatable bonds is 5. The molecule has 0 aliphatic carbocycles. The van der Waals surface area contributed by atoms with Crippen LogP contribution in [0.1, 0.15) is 0 Å². The normalized spacial score (nSPS) is 11.3. The van der Waals surface area contributed by atoms with Crippen LogP contribution < -0.4 is 4.72 Å². The summed E-state index contributed by atoms with van der Waals surface area (Å²) in [6.45, 7) is 0. The fourth-order valence-corrected chi connectivity index (χ4v) is 4.23. The second-order valence-corrected chi connectivity index (χ2v) is 7.07. The lowest BCUT2D eigenvalue weighted by Crippen LogP contribution is -2.13. The molecule has 0 aliphatic rings. The van der Waals surface area contributed by atoms with Gasteiger partial charge in [-0.1, -0.05) is 12.1 Å². The van der Waals surface area contributed by atoms with Crippen molar-refractivity contribution in [2.24, 2.45) is 0 Å². The van der Waals surface area contributed by atoms with Crippen LogP contribution in [0, 0.1) is 0 Å². The summed E-state index contributed by atoms with van der Waals surface area (Å²) in [4.78, 5) is 0.957. The van der Waals surface area contributed by atoms with Crippen molar-refractivity contribution >= 4 is 27.5 Å². The molecule has 0 fully saturated rings. The highest BCUT2D eigenvalue weighted by Gasteiger charge is 2.18. The van der Waals surface area contributed by atoms with Gasteiger partial charge >= 0.3 is 0 Å². The number of thioether (sulfide) groups is 1. The average molecular weight is 347 g/mol. The predicted molar refractivity (Wildman–Crippen MR) is 88.6 cm³/mol. The number of sulfonamides is 1. The summed E-state index contributed by atoms with van der Waals surface area (Å²) in [7, 11) is -3.64. The molecule has 0 unspecified atom stereocenters. The van der Waals surface area contributed by atoms with Crippen LogP contribution in [-0.2, 0) is 10.0 Å². The van der Waals surface area contributed by atoms with Crippen molar-refractivity contribution in [2.75, 3.05) is 11.0 Å². The van der Waals surface area contributed by atoms with Gasteiger partial charge < -0.3 is 0 Å². The summed E-state index contributed by atoms with van der Waals surface area (Å²) in [5.41, 5.74) is 1.21. The third-order valence-corrected chi connectivity index (χ3v) is 5.46. The lowest BCUT2D eigenvalue weighted by atomic mass is 10.2. The van der Waals surface area contributed by atoms with E-state index < -0.39 is 10.0 Å². The molecule has 0 atom stereocenters. The first-order valence-corrected chi connectivity index (χ1v) is 9.31. The first-order valence-electron chi connectivity index (χ1n) is 6.60. The highest BCUT2D eigenvalue weighted by molar-refractivity contribution is 7.99. The fraction of sp³-hybridized carbons (Fsp3) is 0.0714. The Balaban J connectivity index is 1.86. The van der Waals surface area contributed by atoms with E-state index in [1.54, 1.807) is 42.5 Å². The van der Waals surface area contributed by atoms with E-state index in [2.05, 4.69) is 25.3 Å². The Morgan fingerprint density at radius 2 is 1.83 bits per heavy atom. The summed E-state index contributed by atoms with van der Waals surface area (Å²) >= 11 is 1.39. The number of benzene rings is 2. The molecule has 0 saturated heterocycles. The number of tetrazole rings is 1. The zero-order valence-electron chi connectivity index (χ0n) is 12.1. The van der Waals surface area contributed by atoms with Gasteiger partial charge in [0.1, 0.15) is 4.90 Å². The second kappa shape index (κ2) is 6.39. The summed E-state index contributed by atoms with van der Waals surface area (Å²) in [6.07, 6.45) is 1.84. The third kappa shape index (κ3) is 3.35. The van der Waals surface area contributed by atoms with Crippen LogP contribution >= 0.6 is 11.8 Å². The highest BCUT2D eigenvalue weighted by Crippen LogP contribution is 2.26. The summed E-state index contributed by atoms with van der Waals surface area (Å²) in [5.74, 6) is 0.451. The lowest BCUT2D eigenvalue weighted by molar-refractivity contribution is 0.599. The smallest absolute Gasteiger partial charge is 0.263 e. The van der Waals surface area contributed by atoms with E-state index in [-0.39, 0.29) is 4.90 Å². The van der Waals surface area contributed by atoms with Crippen molar-refractivity contribution in [2.45, 2.75) is 9.79 Å². The van der Waals surface area contributed by atoms with Crippen molar-refractivity contribution in [3.05, 3.63) is 48.5 Å². The van der Waals surface area contributed by atoms with Gasteiger partial charge in [0, 0.05) is 16.1 Å². The Morgan fingerprint density at radius 1 is 1.09 bits per heavy atom. The Morgan fingerprint density at radius 3 is 2.48 bits per heavy atom. The van der Waals surface area contributed by atoms with Gasteiger partial charge in [0.15, 0.2) is 0 Å². The Hall–Kier alpha value is -2.39. The minimum absolute atomic E-state index is 0.259. The van der Waals surface area contributed by atoms with E-state index in [0.29, 0.717) is 16.4 Å². The number of H-pyrrole nitrogens is 1. The second-order valence-electron chi connectivity index (χ2n) is 4.57. The minimum Gasteiger partial charge on any atom is -0.280 e. The van der Waals surface area contributed by atoms with Crippen LogP contribution in [-0.4, -0.2) is 35.3 Å². The molecule has 23 heavy (non-hydrogen) atoms. The van der Waals surface area contributed by atoms with E-state index in [1.165, 1.54) is 11.8 Å². The minimum atomic E-state index is -3.64. The van der Waals surface area contributed by atoms with Crippen LogP contribution in [0.3, 0.4) is 0 Å². The maximum Gasteiger partial charge on any atom is 0.263 e. The van der Waals surface area contributed by atoms with Crippen LogP contribution in [0.15, 0.2) is 58.3 Å². The summed E-state index contributed by atoms with van der Waals surface area (Å²) in [6, 6.07) is 13.6. The molecule has 118 valence electrons. The molecule has 3 rings (SSSR count). The van der Waals surface area contributed by atoms with Crippen LogP contribution in [0.4, 0.5) is 5.69 Å². The molecule has 9 heteroatoms. The van der Waals surface area contributed by atoms with Crippen molar-refractivity contribution in [1.29, 1.82) is 0 Å². The summed E-state index contributed by atoms with van der Waals surface area (Å²) in [5, 5.41) is 13.6. The topological polar surface area (TPSA) is 101 Å². The summed E-state index contributed by atoms with van der Waals surface area (Å²) < 4.78 is 27.6. The molecule has 0 spiro atoms. The number of aromatic nitrogens is 4. The molecule has 1 aromatic heterocycles. The van der Waals surface area contributed by atoms with Gasteiger partial charge in [0.05, 0.1) is 0 Å². The van der Waals surface area contributed by atoms with Gasteiger partial charge in [0.2, 0.25) is 5.82 Å². The molecule has 2 N–H and O–H groups in total. The van der Waals surface area contributed by atoms with Gasteiger partial charge in [-0.3, -0.25) is 4.72 Å². The van der Waals surface area contributed by atoms with E-state index in [1.807, 2.05) is 12.3 Å². The molecule has 0 saturated carbocycles. The molecular weight excluding hydrogens is 334 g/mol. The first-order chi connectivity index (χ1) is 11.1. The molecular formula is C14H13N5O2S2. The molecule has 0 amide bonds. The van der Waals surface area contributed by atoms with Gasteiger partial charge in [0.25, 0.3) is 10.0 Å². The zero-order valence-corrected chi connectivity index (χ0v) is 13.7. The first kappa shape index (κ1) is 15.5. The van der Waals surface area contributed by atoms with Gasteiger partial charge in [-0.25, -0.2) is 8.42 Å². The number of hydrogen-bond acceptors (Lipinski definition) is 6. The molecule has 0 radical (unpaired) electrons. The average Bonchev–Trinajstić information content (AvgIpc) is 3.09. The Labute approximate surface area is 137 Å². The van der Waals surface area contributed by atoms with Gasteiger partial charge in [-0.2, -0.15) is 5.21 Å². The van der Waals surface area contributed by atoms with Crippen LogP contribution in [0.25, 0.3) is 11.4 Å². The molecule has 1 heterocycles. The van der Waals surface area contributed by atoms with E-state index >= 15 is 0 Å². The number of hydrogen-bond donors (Lipinski definition) is 2. The van der Waals surface area contributed by atoms with E-state index in [0.717, 1.165) is 5.56 Å². The molecule has 2 aromatic carbocycles. The standard InChI is InChI=1S/C14H13N5O2S2/c1-22-12-4-2-3-5-13(12)23(20,21)17-11-8-6-10(7-9-11)14-15-18-19-16-14/h2-9,17H,1H3,(H,15,16,18,19). The Bertz CT molecular complexity index is 893. The number of nitrogens with zero attached hydrogens (tertiary/aromatic N) is 3. The largest absolute Gasteiger partial charge is 0.280 e. The van der Waals surface area contributed by atoms with Crippen molar-refractivity contribution in [3.8, 4) is 11.4 Å². The molecule has 3 aromatic rings. The van der Waals surface area contributed by atoms with Crippen molar-refractivity contribution < 1.29 is 8.42 Å². The Kier molecular flexibility index (Phi) is 4.30. The van der Waals surface area contributed by atoms with Crippen molar-refractivity contribution in [3.63, 3.8) is 0 Å². The van der Waals surface area contributed by atoms with Crippen molar-refractivity contribution in [1.82, 2.24) is 20.6 Å². The third-order valence-electron chi connectivity index (χ3n) is 3.10. The fourth-order valence-electron chi connectivity index (χ4n) is 2.02. The van der Waals surface area contributed by atoms with Gasteiger partial charge in [-0.15, -0.1) is 22.0 Å². The zero-order chi connectivity index (χ0) is 16.3. The highest BCUT2D eigenvalue weighted by atomic mass is 32.2. The van der Waals surface area contributed by atoms with E-state index in [9.17, 15) is 8.42 Å². The number of nitrogens with one attached hydrogen (secondary N) is 2. The maximum absolute atomic E-state index is 12.5. The van der Waals surface area contributed by atoms with Crippen LogP contribution in [0.5, 0.6) is 0 Å². The molecule has 7 nitrogen and oxygen atoms in total. The number of aromatic amines is 1. The monoisotopic (exact) mass is 347 g/mol. The number of anilines is 1. The van der Waals surface area contributed by atoms with Gasteiger partial charge in [-0.05, 0) is 47.9 Å². The maximum atomic E-state index is 12.5. The molecule has 0 bridgehead atoms. The quantitative estimate of drug-likeness (QED) is 0.687. The predicted octanol–water partition coefficient (Wildman–Crippen LogP) is 2.39. The van der Waals surface area contributed by atoms with E-state index in [4.69, 9.17) is 0 Å².